The largest absolute Gasteiger partial charge is 0.322 e. The summed E-state index contributed by atoms with van der Waals surface area (Å²) in [5, 5.41) is 3.54. The van der Waals surface area contributed by atoms with Crippen molar-refractivity contribution in [2.24, 2.45) is 0 Å². The minimum atomic E-state index is -0.312. The number of para-hydroxylation sites is 1. The second-order valence-electron chi connectivity index (χ2n) is 6.68. The molecule has 2 aromatic carbocycles. The maximum atomic E-state index is 13.0. The van der Waals surface area contributed by atoms with Crippen LogP contribution < -0.4 is 10.9 Å². The molecule has 0 radical (unpaired) electrons. The molecule has 29 heavy (non-hydrogen) atoms. The highest BCUT2D eigenvalue weighted by Gasteiger charge is 2.27. The number of rotatable bonds is 6. The van der Waals surface area contributed by atoms with E-state index >= 15 is 0 Å². The van der Waals surface area contributed by atoms with Crippen LogP contribution >= 0.6 is 15.9 Å². The van der Waals surface area contributed by atoms with E-state index in [1.165, 1.54) is 0 Å². The van der Waals surface area contributed by atoms with Gasteiger partial charge in [0.2, 0.25) is 0 Å². The molecule has 0 aliphatic carbocycles. The number of carbonyl (C=O) groups is 1. The maximum Gasteiger partial charge on any atom is 0.322 e. The molecule has 1 aromatic heterocycles. The predicted octanol–water partition coefficient (Wildman–Crippen LogP) is 5.18. The van der Waals surface area contributed by atoms with E-state index in [0.717, 1.165) is 4.47 Å². The summed E-state index contributed by atoms with van der Waals surface area (Å²) >= 11 is 3.40. The molecule has 1 atom stereocenters. The molecule has 0 saturated carbocycles. The number of nitrogens with zero attached hydrogens (tertiary/aromatic N) is 3. The molecule has 3 aromatic rings. The van der Waals surface area contributed by atoms with Crippen molar-refractivity contribution in [3.8, 4) is 0 Å². The lowest BCUT2D eigenvalue weighted by atomic mass is 10.1. The molecule has 1 heterocycles. The first kappa shape index (κ1) is 21.0. The smallest absolute Gasteiger partial charge is 0.315 e. The summed E-state index contributed by atoms with van der Waals surface area (Å²) < 4.78 is 2.62. The second kappa shape index (κ2) is 9.22. The Morgan fingerprint density at radius 3 is 2.45 bits per heavy atom. The van der Waals surface area contributed by atoms with Crippen molar-refractivity contribution in [3.05, 3.63) is 69.2 Å². The fourth-order valence-corrected chi connectivity index (χ4v) is 3.79. The Morgan fingerprint density at radius 2 is 1.83 bits per heavy atom. The highest BCUT2D eigenvalue weighted by molar-refractivity contribution is 9.10. The summed E-state index contributed by atoms with van der Waals surface area (Å²) in [4.78, 5) is 32.6. The Morgan fingerprint density at radius 1 is 1.14 bits per heavy atom. The number of aromatic nitrogens is 2. The van der Waals surface area contributed by atoms with Crippen molar-refractivity contribution in [1.29, 1.82) is 0 Å². The van der Waals surface area contributed by atoms with Gasteiger partial charge in [-0.1, -0.05) is 35.0 Å². The topological polar surface area (TPSA) is 67.2 Å². The molecule has 0 aliphatic rings. The Kier molecular flexibility index (Phi) is 6.69. The summed E-state index contributed by atoms with van der Waals surface area (Å²) in [7, 11) is 0. The lowest BCUT2D eigenvalue weighted by Gasteiger charge is -2.31. The lowest BCUT2D eigenvalue weighted by molar-refractivity contribution is 0.184. The first-order valence-electron chi connectivity index (χ1n) is 9.82. The molecule has 0 bridgehead atoms. The van der Waals surface area contributed by atoms with E-state index in [2.05, 4.69) is 21.2 Å². The van der Waals surface area contributed by atoms with Crippen molar-refractivity contribution in [2.45, 2.75) is 39.8 Å². The van der Waals surface area contributed by atoms with Crippen LogP contribution in [-0.2, 0) is 6.54 Å². The Hall–Kier alpha value is -2.67. The first-order valence-corrected chi connectivity index (χ1v) is 10.6. The van der Waals surface area contributed by atoms with E-state index in [9.17, 15) is 9.59 Å². The zero-order chi connectivity index (χ0) is 21.0. The van der Waals surface area contributed by atoms with Crippen LogP contribution in [0.4, 0.5) is 10.5 Å². The number of hydrogen-bond donors (Lipinski definition) is 1. The molecule has 0 saturated heterocycles. The van der Waals surface area contributed by atoms with Gasteiger partial charge in [-0.25, -0.2) is 9.78 Å². The van der Waals surface area contributed by atoms with Gasteiger partial charge in [-0.05, 0) is 56.7 Å². The maximum absolute atomic E-state index is 13.0. The number of nitrogens with one attached hydrogen (secondary N) is 1. The van der Waals surface area contributed by atoms with E-state index < -0.39 is 0 Å². The van der Waals surface area contributed by atoms with Crippen molar-refractivity contribution in [2.75, 3.05) is 11.9 Å². The van der Waals surface area contributed by atoms with Crippen LogP contribution in [0.5, 0.6) is 0 Å². The van der Waals surface area contributed by atoms with Gasteiger partial charge in [0.15, 0.2) is 0 Å². The highest BCUT2D eigenvalue weighted by atomic mass is 79.9. The normalized spacial score (nSPS) is 12.0. The molecule has 0 fully saturated rings. The zero-order valence-electron chi connectivity index (χ0n) is 16.9. The van der Waals surface area contributed by atoms with Gasteiger partial charge in [0, 0.05) is 23.2 Å². The fourth-order valence-electron chi connectivity index (χ4n) is 3.52. The molecule has 7 heteroatoms. The van der Waals surface area contributed by atoms with Crippen molar-refractivity contribution >= 4 is 38.6 Å². The summed E-state index contributed by atoms with van der Waals surface area (Å²) in [6.07, 6.45) is 0.645. The monoisotopic (exact) mass is 456 g/mol. The molecule has 0 aliphatic heterocycles. The van der Waals surface area contributed by atoms with Crippen LogP contribution in [0.15, 0.2) is 57.8 Å². The molecule has 6 nitrogen and oxygen atoms in total. The first-order chi connectivity index (χ1) is 14.0. The van der Waals surface area contributed by atoms with Crippen LogP contribution in [0.1, 0.15) is 39.1 Å². The minimum absolute atomic E-state index is 0.0732. The standard InChI is InChI=1S/C22H25BrN4O2/c1-4-19(26(5-2)22(29)24-16-13-11-15(23)12-14-16)20-25-18-10-8-7-9-17(18)21(28)27(20)6-3/h7-14,19H,4-6H2,1-3H3,(H,24,29). The van der Waals surface area contributed by atoms with Crippen LogP contribution in [0, 0.1) is 0 Å². The van der Waals surface area contributed by atoms with Crippen LogP contribution in [0.2, 0.25) is 0 Å². The SMILES string of the molecule is CCC(c1nc2ccccc2c(=O)n1CC)N(CC)C(=O)Nc1ccc(Br)cc1. The third kappa shape index (κ3) is 4.34. The quantitative estimate of drug-likeness (QED) is 0.555. The van der Waals surface area contributed by atoms with Gasteiger partial charge in [0.1, 0.15) is 5.82 Å². The number of carbonyl (C=O) groups excluding carboxylic acids is 1. The average Bonchev–Trinajstić information content (AvgIpc) is 2.73. The lowest BCUT2D eigenvalue weighted by Crippen LogP contribution is -2.40. The Labute approximate surface area is 178 Å². The van der Waals surface area contributed by atoms with Gasteiger partial charge < -0.3 is 10.2 Å². The number of halogens is 1. The second-order valence-corrected chi connectivity index (χ2v) is 7.60. The third-order valence-corrected chi connectivity index (χ3v) is 5.49. The molecule has 3 rings (SSSR count). The molecule has 152 valence electrons. The molecule has 0 spiro atoms. The minimum Gasteiger partial charge on any atom is -0.315 e. The van der Waals surface area contributed by atoms with Crippen molar-refractivity contribution in [1.82, 2.24) is 14.5 Å². The molecule has 1 N–H and O–H groups in total. The highest BCUT2D eigenvalue weighted by Crippen LogP contribution is 2.25. The van der Waals surface area contributed by atoms with Crippen LogP contribution in [0.3, 0.4) is 0 Å². The number of hydrogen-bond acceptors (Lipinski definition) is 3. The van der Waals surface area contributed by atoms with Crippen LogP contribution in [-0.4, -0.2) is 27.0 Å². The number of amides is 2. The Bertz CT molecular complexity index is 1060. The van der Waals surface area contributed by atoms with Crippen molar-refractivity contribution < 1.29 is 4.79 Å². The molecule has 1 unspecified atom stereocenters. The summed E-state index contributed by atoms with van der Waals surface area (Å²) in [5.74, 6) is 0.617. The summed E-state index contributed by atoms with van der Waals surface area (Å²) in [5.41, 5.74) is 1.29. The zero-order valence-corrected chi connectivity index (χ0v) is 18.4. The van der Waals surface area contributed by atoms with E-state index in [4.69, 9.17) is 4.98 Å². The summed E-state index contributed by atoms with van der Waals surface area (Å²) in [6.45, 7) is 6.84. The molecule has 2 amide bonds. The van der Waals surface area contributed by atoms with Gasteiger partial charge in [-0.2, -0.15) is 0 Å². The van der Waals surface area contributed by atoms with Crippen molar-refractivity contribution in [3.63, 3.8) is 0 Å². The van der Waals surface area contributed by atoms with Gasteiger partial charge >= 0.3 is 6.03 Å². The summed E-state index contributed by atoms with van der Waals surface area (Å²) in [6, 6.07) is 14.2. The van der Waals surface area contributed by atoms with Crippen LogP contribution in [0.25, 0.3) is 10.9 Å². The van der Waals surface area contributed by atoms with Gasteiger partial charge in [0.25, 0.3) is 5.56 Å². The number of urea groups is 1. The molecular weight excluding hydrogens is 432 g/mol. The van der Waals surface area contributed by atoms with E-state index in [1.54, 1.807) is 15.5 Å². The third-order valence-electron chi connectivity index (χ3n) is 4.97. The number of fused-ring (bicyclic) bond motifs is 1. The predicted molar refractivity (Wildman–Crippen MR) is 120 cm³/mol. The molecular formula is C22H25BrN4O2. The number of benzene rings is 2. The average molecular weight is 457 g/mol. The van der Waals surface area contributed by atoms with E-state index in [1.807, 2.05) is 63.2 Å². The number of anilines is 1. The van der Waals surface area contributed by atoms with E-state index in [0.29, 0.717) is 41.9 Å². The van der Waals surface area contributed by atoms with Gasteiger partial charge in [-0.3, -0.25) is 9.36 Å². The van der Waals surface area contributed by atoms with E-state index in [-0.39, 0.29) is 17.6 Å². The van der Waals surface area contributed by atoms with Gasteiger partial charge in [-0.15, -0.1) is 0 Å². The Balaban J connectivity index is 2.01. The van der Waals surface area contributed by atoms with Gasteiger partial charge in [0.05, 0.1) is 16.9 Å². The fraction of sp³-hybridized carbons (Fsp3) is 0.318.